The predicted octanol–water partition coefficient (Wildman–Crippen LogP) is 1.03. The van der Waals surface area contributed by atoms with Gasteiger partial charge in [0.05, 0.1) is 11.9 Å². The number of nitrogens with zero attached hydrogens (tertiary/aromatic N) is 3. The van der Waals surface area contributed by atoms with Crippen molar-refractivity contribution in [2.45, 2.75) is 18.9 Å². The lowest BCUT2D eigenvalue weighted by molar-refractivity contribution is 0.0696. The van der Waals surface area contributed by atoms with Crippen molar-refractivity contribution < 1.29 is 13.2 Å². The van der Waals surface area contributed by atoms with Gasteiger partial charge in [-0.2, -0.15) is 5.10 Å². The van der Waals surface area contributed by atoms with Crippen molar-refractivity contribution in [1.29, 1.82) is 0 Å². The molecule has 0 spiro atoms. The molecule has 1 aliphatic rings. The van der Waals surface area contributed by atoms with Crippen LogP contribution < -0.4 is 4.72 Å². The minimum atomic E-state index is -3.28. The molecule has 24 heavy (non-hydrogen) atoms. The Bertz CT molecular complexity index is 817. The number of rotatable bonds is 4. The molecule has 1 amide bonds. The van der Waals surface area contributed by atoms with Gasteiger partial charge in [0.1, 0.15) is 0 Å². The van der Waals surface area contributed by atoms with Crippen molar-refractivity contribution in [2.24, 2.45) is 0 Å². The van der Waals surface area contributed by atoms with Crippen molar-refractivity contribution in [3.8, 4) is 5.69 Å². The molecule has 128 valence electrons. The van der Waals surface area contributed by atoms with Crippen LogP contribution in [0.15, 0.2) is 42.6 Å². The molecular weight excluding hydrogens is 328 g/mol. The van der Waals surface area contributed by atoms with E-state index in [1.807, 2.05) is 30.3 Å². The smallest absolute Gasteiger partial charge is 0.274 e. The second-order valence-electron chi connectivity index (χ2n) is 5.96. The molecule has 1 aromatic heterocycles. The van der Waals surface area contributed by atoms with Crippen molar-refractivity contribution in [1.82, 2.24) is 19.4 Å². The van der Waals surface area contributed by atoms with Crippen LogP contribution in [0.3, 0.4) is 0 Å². The number of sulfonamides is 1. The molecule has 1 aromatic carbocycles. The number of hydrogen-bond donors (Lipinski definition) is 1. The molecule has 7 nitrogen and oxygen atoms in total. The van der Waals surface area contributed by atoms with Crippen LogP contribution in [0.1, 0.15) is 23.3 Å². The first-order chi connectivity index (χ1) is 11.4. The van der Waals surface area contributed by atoms with Gasteiger partial charge < -0.3 is 4.90 Å². The Morgan fingerprint density at radius 1 is 1.25 bits per heavy atom. The number of amides is 1. The monoisotopic (exact) mass is 348 g/mol. The van der Waals surface area contributed by atoms with Gasteiger partial charge in [-0.3, -0.25) is 4.79 Å². The first-order valence-corrected chi connectivity index (χ1v) is 9.69. The summed E-state index contributed by atoms with van der Waals surface area (Å²) < 4.78 is 27.0. The highest BCUT2D eigenvalue weighted by molar-refractivity contribution is 7.88. The number of aromatic nitrogens is 2. The average Bonchev–Trinajstić information content (AvgIpc) is 3.03. The lowest BCUT2D eigenvalue weighted by Crippen LogP contribution is -2.49. The van der Waals surface area contributed by atoms with Gasteiger partial charge in [-0.05, 0) is 31.0 Å². The highest BCUT2D eigenvalue weighted by Crippen LogP contribution is 2.15. The van der Waals surface area contributed by atoms with Crippen LogP contribution in [-0.2, 0) is 10.0 Å². The standard InChI is InChI=1S/C16H20N4O3S/c1-24(22,23)18-13-6-5-10-19(12-13)16(21)15-9-11-20(17-15)14-7-3-2-4-8-14/h2-4,7-9,11,13,18H,5-6,10,12H2,1H3/t13-/m0/s1. The summed E-state index contributed by atoms with van der Waals surface area (Å²) in [4.78, 5) is 14.3. The summed E-state index contributed by atoms with van der Waals surface area (Å²) >= 11 is 0. The molecular formula is C16H20N4O3S. The number of para-hydroxylation sites is 1. The second kappa shape index (κ2) is 6.74. The number of hydrogen-bond acceptors (Lipinski definition) is 4. The summed E-state index contributed by atoms with van der Waals surface area (Å²) in [6.45, 7) is 0.975. The van der Waals surface area contributed by atoms with E-state index in [1.165, 1.54) is 0 Å². The average molecular weight is 348 g/mol. The molecule has 0 bridgehead atoms. The number of carbonyl (C=O) groups is 1. The molecule has 8 heteroatoms. The SMILES string of the molecule is CS(=O)(=O)N[C@H]1CCCN(C(=O)c2ccn(-c3ccccc3)n2)C1. The summed E-state index contributed by atoms with van der Waals surface area (Å²) in [6, 6.07) is 11.0. The first kappa shape index (κ1) is 16.7. The van der Waals surface area contributed by atoms with Crippen molar-refractivity contribution in [2.75, 3.05) is 19.3 Å². The number of benzene rings is 1. The van der Waals surface area contributed by atoms with Crippen LogP contribution in [0.25, 0.3) is 5.69 Å². The fraction of sp³-hybridized carbons (Fsp3) is 0.375. The second-order valence-corrected chi connectivity index (χ2v) is 7.74. The Morgan fingerprint density at radius 3 is 2.71 bits per heavy atom. The highest BCUT2D eigenvalue weighted by atomic mass is 32.2. The minimum Gasteiger partial charge on any atom is -0.336 e. The Kier molecular flexibility index (Phi) is 4.68. The van der Waals surface area contributed by atoms with Gasteiger partial charge in [0.2, 0.25) is 10.0 Å². The van der Waals surface area contributed by atoms with E-state index >= 15 is 0 Å². The van der Waals surface area contributed by atoms with Crippen LogP contribution in [-0.4, -0.2) is 54.4 Å². The number of carbonyl (C=O) groups excluding carboxylic acids is 1. The van der Waals surface area contributed by atoms with E-state index in [1.54, 1.807) is 21.8 Å². The van der Waals surface area contributed by atoms with E-state index in [2.05, 4.69) is 9.82 Å². The van der Waals surface area contributed by atoms with E-state index in [4.69, 9.17) is 0 Å². The predicted molar refractivity (Wildman–Crippen MR) is 90.5 cm³/mol. The summed E-state index contributed by atoms with van der Waals surface area (Å²) in [6.07, 6.45) is 4.38. The quantitative estimate of drug-likeness (QED) is 0.894. The Labute approximate surface area is 141 Å². The third-order valence-corrected chi connectivity index (χ3v) is 4.68. The topological polar surface area (TPSA) is 84.3 Å². The summed E-state index contributed by atoms with van der Waals surface area (Å²) in [7, 11) is -3.28. The zero-order valence-corrected chi connectivity index (χ0v) is 14.2. The molecule has 1 N–H and O–H groups in total. The van der Waals surface area contributed by atoms with Gasteiger partial charge >= 0.3 is 0 Å². The summed E-state index contributed by atoms with van der Waals surface area (Å²) in [5.41, 5.74) is 1.24. The zero-order valence-electron chi connectivity index (χ0n) is 13.4. The summed E-state index contributed by atoms with van der Waals surface area (Å²) in [5, 5.41) is 4.34. The molecule has 1 atom stereocenters. The van der Waals surface area contributed by atoms with E-state index in [0.717, 1.165) is 24.8 Å². The molecule has 0 radical (unpaired) electrons. The maximum atomic E-state index is 12.6. The van der Waals surface area contributed by atoms with E-state index < -0.39 is 10.0 Å². The third-order valence-electron chi connectivity index (χ3n) is 3.92. The van der Waals surface area contributed by atoms with Crippen LogP contribution in [0, 0.1) is 0 Å². The lowest BCUT2D eigenvalue weighted by atomic mass is 10.1. The number of piperidine rings is 1. The maximum Gasteiger partial charge on any atom is 0.274 e. The van der Waals surface area contributed by atoms with Crippen molar-refractivity contribution in [3.63, 3.8) is 0 Å². The molecule has 1 aliphatic heterocycles. The molecule has 2 aromatic rings. The molecule has 0 aliphatic carbocycles. The van der Waals surface area contributed by atoms with Crippen LogP contribution in [0.4, 0.5) is 0 Å². The maximum absolute atomic E-state index is 12.6. The van der Waals surface area contributed by atoms with Crippen LogP contribution >= 0.6 is 0 Å². The fourth-order valence-corrected chi connectivity index (χ4v) is 3.68. The Hall–Kier alpha value is -2.19. The van der Waals surface area contributed by atoms with Gasteiger partial charge in [-0.25, -0.2) is 17.8 Å². The van der Waals surface area contributed by atoms with Crippen molar-refractivity contribution in [3.05, 3.63) is 48.3 Å². The van der Waals surface area contributed by atoms with Gasteiger partial charge in [0.25, 0.3) is 5.91 Å². The van der Waals surface area contributed by atoms with Crippen LogP contribution in [0.5, 0.6) is 0 Å². The minimum absolute atomic E-state index is 0.176. The molecule has 0 unspecified atom stereocenters. The van der Waals surface area contributed by atoms with E-state index in [-0.39, 0.29) is 11.9 Å². The highest BCUT2D eigenvalue weighted by Gasteiger charge is 2.27. The number of likely N-dealkylation sites (tertiary alicyclic amines) is 1. The van der Waals surface area contributed by atoms with Gasteiger partial charge in [0.15, 0.2) is 5.69 Å². The van der Waals surface area contributed by atoms with Gasteiger partial charge in [-0.1, -0.05) is 18.2 Å². The lowest BCUT2D eigenvalue weighted by Gasteiger charge is -2.32. The van der Waals surface area contributed by atoms with Gasteiger partial charge in [0, 0.05) is 25.3 Å². The van der Waals surface area contributed by atoms with E-state index in [9.17, 15) is 13.2 Å². The fourth-order valence-electron chi connectivity index (χ4n) is 2.89. The Morgan fingerprint density at radius 2 is 2.00 bits per heavy atom. The Balaban J connectivity index is 1.71. The first-order valence-electron chi connectivity index (χ1n) is 7.80. The van der Waals surface area contributed by atoms with Crippen molar-refractivity contribution >= 4 is 15.9 Å². The largest absolute Gasteiger partial charge is 0.336 e. The molecule has 1 saturated heterocycles. The molecule has 0 saturated carbocycles. The van der Waals surface area contributed by atoms with Crippen LogP contribution in [0.2, 0.25) is 0 Å². The van der Waals surface area contributed by atoms with E-state index in [0.29, 0.717) is 18.8 Å². The summed E-state index contributed by atoms with van der Waals surface area (Å²) in [5.74, 6) is -0.176. The molecule has 2 heterocycles. The van der Waals surface area contributed by atoms with Gasteiger partial charge in [-0.15, -0.1) is 0 Å². The zero-order chi connectivity index (χ0) is 17.2. The number of nitrogens with one attached hydrogen (secondary N) is 1. The molecule has 3 rings (SSSR count). The normalized spacial score (nSPS) is 18.5. The molecule has 1 fully saturated rings. The third kappa shape index (κ3) is 4.01.